The van der Waals surface area contributed by atoms with Crippen molar-refractivity contribution in [3.8, 4) is 11.5 Å². The van der Waals surface area contributed by atoms with Crippen LogP contribution in [0.15, 0.2) is 42.5 Å². The Bertz CT molecular complexity index is 929. The third kappa shape index (κ3) is 9.95. The first-order valence-corrected chi connectivity index (χ1v) is 13.3. The number of hydrogen-bond acceptors (Lipinski definition) is 7. The lowest BCUT2D eigenvalue weighted by molar-refractivity contribution is -0.138. The van der Waals surface area contributed by atoms with E-state index in [2.05, 4.69) is 6.92 Å². The maximum Gasteiger partial charge on any atom is 0.224 e. The van der Waals surface area contributed by atoms with Gasteiger partial charge in [0.1, 0.15) is 12.0 Å². The first-order chi connectivity index (χ1) is 17.6. The smallest absolute Gasteiger partial charge is 0.224 e. The van der Waals surface area contributed by atoms with Crippen molar-refractivity contribution < 1.29 is 35.1 Å². The monoisotopic (exact) mass is 517 g/mol. The summed E-state index contributed by atoms with van der Waals surface area (Å²) in [7, 11) is 1.52. The Balaban J connectivity index is 1.75. The number of allylic oxidation sites excluding steroid dienone is 2. The van der Waals surface area contributed by atoms with Crippen molar-refractivity contribution >= 4 is 11.7 Å². The summed E-state index contributed by atoms with van der Waals surface area (Å²) in [4.78, 5) is 26.1. The molecule has 0 aromatic heterocycles. The number of aliphatic hydroxyl groups excluding tert-OH is 3. The number of rotatable bonds is 15. The zero-order chi connectivity index (χ0) is 27.4. The number of aromatic hydroxyl groups is 2. The van der Waals surface area contributed by atoms with E-state index in [1.54, 1.807) is 18.2 Å². The zero-order valence-electron chi connectivity index (χ0n) is 22.0. The molecule has 8 nitrogen and oxygen atoms in total. The molecular formula is C29H43NO7. The van der Waals surface area contributed by atoms with Crippen LogP contribution in [-0.2, 0) is 16.0 Å². The van der Waals surface area contributed by atoms with Crippen LogP contribution in [-0.4, -0.2) is 67.6 Å². The van der Waals surface area contributed by atoms with E-state index < -0.39 is 18.4 Å². The number of phenols is 2. The van der Waals surface area contributed by atoms with Gasteiger partial charge in [-0.1, -0.05) is 56.6 Å². The van der Waals surface area contributed by atoms with Gasteiger partial charge in [-0.3, -0.25) is 9.59 Å². The number of benzene rings is 1. The average molecular weight is 518 g/mol. The summed E-state index contributed by atoms with van der Waals surface area (Å²) in [5.41, 5.74) is 0.594. The van der Waals surface area contributed by atoms with Gasteiger partial charge in [0.15, 0.2) is 11.5 Å². The van der Waals surface area contributed by atoms with E-state index in [1.165, 1.54) is 24.1 Å². The number of ketones is 1. The molecule has 1 aliphatic rings. The molecule has 8 heteroatoms. The second kappa shape index (κ2) is 15.5. The number of nitrogens with zero attached hydrogens (tertiary/aromatic N) is 1. The number of aliphatic hydroxyl groups is 3. The molecule has 206 valence electrons. The lowest BCUT2D eigenvalue weighted by Crippen LogP contribution is -2.38. The van der Waals surface area contributed by atoms with Crippen LogP contribution in [0, 0.1) is 11.8 Å². The molecule has 0 bridgehead atoms. The predicted octanol–water partition coefficient (Wildman–Crippen LogP) is 3.60. The van der Waals surface area contributed by atoms with E-state index >= 15 is 0 Å². The lowest BCUT2D eigenvalue weighted by Gasteiger charge is -2.24. The van der Waals surface area contributed by atoms with Crippen molar-refractivity contribution in [3.05, 3.63) is 48.1 Å². The molecule has 0 aliphatic heterocycles. The highest BCUT2D eigenvalue weighted by atomic mass is 16.3. The number of carbonyl (C=O) groups excluding carboxylic acids is 2. The van der Waals surface area contributed by atoms with Crippen LogP contribution >= 0.6 is 0 Å². The van der Waals surface area contributed by atoms with Gasteiger partial charge < -0.3 is 30.4 Å². The van der Waals surface area contributed by atoms with Crippen LogP contribution in [0.1, 0.15) is 70.3 Å². The Morgan fingerprint density at radius 3 is 2.59 bits per heavy atom. The van der Waals surface area contributed by atoms with Gasteiger partial charge in [0.05, 0.1) is 12.2 Å². The van der Waals surface area contributed by atoms with Crippen LogP contribution < -0.4 is 0 Å². The summed E-state index contributed by atoms with van der Waals surface area (Å²) in [5, 5.41) is 49.7. The van der Waals surface area contributed by atoms with Crippen LogP contribution in [0.25, 0.3) is 0 Å². The lowest BCUT2D eigenvalue weighted by atomic mass is 9.90. The highest BCUT2D eigenvalue weighted by Gasteiger charge is 2.39. The van der Waals surface area contributed by atoms with Gasteiger partial charge in [-0.25, -0.2) is 0 Å². The summed E-state index contributed by atoms with van der Waals surface area (Å²) >= 11 is 0. The second-order valence-electron chi connectivity index (χ2n) is 9.98. The molecule has 0 heterocycles. The minimum atomic E-state index is -1.05. The van der Waals surface area contributed by atoms with Gasteiger partial charge in [-0.05, 0) is 43.4 Å². The van der Waals surface area contributed by atoms with Crippen LogP contribution in [0.3, 0.4) is 0 Å². The normalized spacial score (nSPS) is 21.6. The van der Waals surface area contributed by atoms with Crippen molar-refractivity contribution in [3.63, 3.8) is 0 Å². The van der Waals surface area contributed by atoms with Gasteiger partial charge in [-0.2, -0.15) is 0 Å². The van der Waals surface area contributed by atoms with E-state index in [0.717, 1.165) is 19.3 Å². The standard InChI is InChI=1S/C29H43NO7/c1-3-4-7-10-21(31)14-15-23-22(25(33)19-26(23)34)11-8-5-6-9-12-28(36)30(2)29(37)18-20-13-16-24(32)27(35)17-20/h5,8,13-17,21-23,26,29,31-32,34-35,37H,3-4,6-7,9-12,18-19H2,1-2H3/t21-,22+,23+,26+,29?/m0/s1. The Kier molecular flexibility index (Phi) is 12.8. The molecule has 0 saturated heterocycles. The first-order valence-electron chi connectivity index (χ1n) is 13.3. The third-order valence-corrected chi connectivity index (χ3v) is 7.01. The van der Waals surface area contributed by atoms with Crippen molar-refractivity contribution in [2.45, 2.75) is 89.6 Å². The second-order valence-corrected chi connectivity index (χ2v) is 9.98. The Morgan fingerprint density at radius 1 is 1.14 bits per heavy atom. The Hall–Kier alpha value is -2.68. The molecule has 1 aromatic rings. The molecule has 5 N–H and O–H groups in total. The van der Waals surface area contributed by atoms with Crippen LogP contribution in [0.2, 0.25) is 0 Å². The van der Waals surface area contributed by atoms with Crippen LogP contribution in [0.5, 0.6) is 11.5 Å². The fraction of sp³-hybridized carbons (Fsp3) is 0.586. The van der Waals surface area contributed by atoms with Crippen molar-refractivity contribution in [1.29, 1.82) is 0 Å². The third-order valence-electron chi connectivity index (χ3n) is 7.01. The molecule has 0 radical (unpaired) electrons. The topological polar surface area (TPSA) is 139 Å². The van der Waals surface area contributed by atoms with E-state index in [1.807, 2.05) is 12.2 Å². The number of amides is 1. The van der Waals surface area contributed by atoms with Gasteiger partial charge in [0.2, 0.25) is 5.91 Å². The fourth-order valence-electron chi connectivity index (χ4n) is 4.60. The minimum Gasteiger partial charge on any atom is -0.504 e. The van der Waals surface area contributed by atoms with Crippen LogP contribution in [0.4, 0.5) is 0 Å². The Labute approximate surface area is 219 Å². The number of likely N-dealkylation sites (N-methyl/N-ethyl adjacent to an activating group) is 1. The molecule has 1 saturated carbocycles. The van der Waals surface area contributed by atoms with E-state index in [0.29, 0.717) is 31.2 Å². The Morgan fingerprint density at radius 2 is 1.89 bits per heavy atom. The minimum absolute atomic E-state index is 0.0278. The SMILES string of the molecule is CCCCC[C@H](O)C=C[C@H]1[C@H](O)CC(=O)[C@@H]1CC=CCCCC(=O)N(C)C(O)Cc1ccc(O)c(O)c1. The van der Waals surface area contributed by atoms with Gasteiger partial charge >= 0.3 is 0 Å². The molecule has 2 rings (SSSR count). The largest absolute Gasteiger partial charge is 0.504 e. The summed E-state index contributed by atoms with van der Waals surface area (Å²) in [6, 6.07) is 4.26. The maximum atomic E-state index is 12.4. The molecular weight excluding hydrogens is 474 g/mol. The van der Waals surface area contributed by atoms with E-state index in [9.17, 15) is 35.1 Å². The molecule has 1 unspecified atom stereocenters. The van der Waals surface area contributed by atoms with Crippen molar-refractivity contribution in [1.82, 2.24) is 4.90 Å². The quantitative estimate of drug-likeness (QED) is 0.104. The molecule has 5 atom stereocenters. The number of unbranched alkanes of at least 4 members (excludes halogenated alkanes) is 3. The summed E-state index contributed by atoms with van der Waals surface area (Å²) < 4.78 is 0. The summed E-state index contributed by atoms with van der Waals surface area (Å²) in [6.45, 7) is 2.11. The highest BCUT2D eigenvalue weighted by molar-refractivity contribution is 5.84. The molecule has 1 amide bonds. The molecule has 1 fully saturated rings. The van der Waals surface area contributed by atoms with E-state index in [4.69, 9.17) is 0 Å². The highest BCUT2D eigenvalue weighted by Crippen LogP contribution is 2.33. The van der Waals surface area contributed by atoms with Gasteiger partial charge in [0.25, 0.3) is 0 Å². The molecule has 0 spiro atoms. The number of Topliss-reactive ketones (excluding diaryl/α,β-unsaturated/α-hetero) is 1. The summed E-state index contributed by atoms with van der Waals surface area (Å²) in [6.07, 6.45) is 11.0. The zero-order valence-corrected chi connectivity index (χ0v) is 22.0. The van der Waals surface area contributed by atoms with E-state index in [-0.39, 0.29) is 54.3 Å². The van der Waals surface area contributed by atoms with Gasteiger partial charge in [0, 0.05) is 38.1 Å². The van der Waals surface area contributed by atoms with Crippen molar-refractivity contribution in [2.24, 2.45) is 11.8 Å². The van der Waals surface area contributed by atoms with Gasteiger partial charge in [-0.15, -0.1) is 0 Å². The predicted molar refractivity (Wildman–Crippen MR) is 142 cm³/mol. The number of hydrogen-bond donors (Lipinski definition) is 5. The average Bonchev–Trinajstić information content (AvgIpc) is 3.13. The summed E-state index contributed by atoms with van der Waals surface area (Å²) in [5.74, 6) is -1.31. The fourth-order valence-corrected chi connectivity index (χ4v) is 4.60. The first kappa shape index (κ1) is 30.5. The number of carbonyl (C=O) groups is 2. The molecule has 1 aliphatic carbocycles. The molecule has 1 aromatic carbocycles. The number of phenolic OH excluding ortho intramolecular Hbond substituents is 2. The molecule has 37 heavy (non-hydrogen) atoms. The maximum absolute atomic E-state index is 12.4. The van der Waals surface area contributed by atoms with Crippen molar-refractivity contribution in [2.75, 3.05) is 7.05 Å².